The van der Waals surface area contributed by atoms with E-state index in [0.29, 0.717) is 48.8 Å². The Labute approximate surface area is 198 Å². The van der Waals surface area contributed by atoms with E-state index in [9.17, 15) is 9.59 Å². The van der Waals surface area contributed by atoms with Crippen LogP contribution in [0.2, 0.25) is 0 Å². The number of rotatable bonds is 7. The van der Waals surface area contributed by atoms with Gasteiger partial charge in [0.25, 0.3) is 11.8 Å². The lowest BCUT2D eigenvalue weighted by molar-refractivity contribution is 0.0728. The van der Waals surface area contributed by atoms with E-state index in [1.807, 2.05) is 28.9 Å². The zero-order valence-corrected chi connectivity index (χ0v) is 19.8. The molecule has 1 fully saturated rings. The van der Waals surface area contributed by atoms with Crippen LogP contribution in [0.3, 0.4) is 0 Å². The van der Waals surface area contributed by atoms with Crippen LogP contribution in [0.15, 0.2) is 28.8 Å². The van der Waals surface area contributed by atoms with Crippen LogP contribution in [-0.2, 0) is 25.9 Å². The molecule has 0 saturated heterocycles. The highest BCUT2D eigenvalue weighted by atomic mass is 16.5. The van der Waals surface area contributed by atoms with Crippen molar-refractivity contribution in [2.75, 3.05) is 13.7 Å². The Morgan fingerprint density at radius 3 is 2.62 bits per heavy atom. The first-order chi connectivity index (χ1) is 16.4. The van der Waals surface area contributed by atoms with Gasteiger partial charge in [0, 0.05) is 36.8 Å². The van der Waals surface area contributed by atoms with Crippen LogP contribution >= 0.6 is 0 Å². The number of benzene rings is 1. The second-order valence-electron chi connectivity index (χ2n) is 9.02. The maximum absolute atomic E-state index is 13.2. The summed E-state index contributed by atoms with van der Waals surface area (Å²) >= 11 is 0. The molecule has 1 aliphatic carbocycles. The van der Waals surface area contributed by atoms with E-state index in [1.54, 1.807) is 25.9 Å². The molecule has 1 saturated carbocycles. The van der Waals surface area contributed by atoms with Crippen LogP contribution in [0.25, 0.3) is 0 Å². The fourth-order valence-corrected chi connectivity index (χ4v) is 4.49. The zero-order chi connectivity index (χ0) is 23.8. The summed E-state index contributed by atoms with van der Waals surface area (Å²) in [4.78, 5) is 28.0. The Kier molecular flexibility index (Phi) is 5.85. The van der Waals surface area contributed by atoms with Gasteiger partial charge in [0.15, 0.2) is 5.69 Å². The van der Waals surface area contributed by atoms with Crippen LogP contribution in [0, 0.1) is 13.8 Å². The van der Waals surface area contributed by atoms with E-state index >= 15 is 0 Å². The molecule has 1 N–H and O–H groups in total. The summed E-state index contributed by atoms with van der Waals surface area (Å²) in [6, 6.07) is 8.21. The van der Waals surface area contributed by atoms with Crippen molar-refractivity contribution in [1.82, 2.24) is 25.2 Å². The van der Waals surface area contributed by atoms with Crippen molar-refractivity contribution < 1.29 is 18.8 Å². The number of aromatic nitrogens is 3. The summed E-state index contributed by atoms with van der Waals surface area (Å²) in [6.07, 6.45) is 3.42. The van der Waals surface area contributed by atoms with Crippen molar-refractivity contribution in [3.63, 3.8) is 0 Å². The highest BCUT2D eigenvalue weighted by Gasteiger charge is 2.34. The summed E-state index contributed by atoms with van der Waals surface area (Å²) in [6.45, 7) is 5.06. The fraction of sp³-hybridized carbons (Fsp3) is 0.440. The first-order valence-electron chi connectivity index (χ1n) is 11.7. The number of hydrogen-bond acceptors (Lipinski definition) is 6. The Morgan fingerprint density at radius 1 is 1.21 bits per heavy atom. The molecule has 178 valence electrons. The van der Waals surface area contributed by atoms with Crippen molar-refractivity contribution in [3.8, 4) is 5.75 Å². The number of nitrogens with zero attached hydrogens (tertiary/aromatic N) is 4. The third kappa shape index (κ3) is 4.30. The summed E-state index contributed by atoms with van der Waals surface area (Å²) < 4.78 is 12.4. The van der Waals surface area contributed by atoms with E-state index in [0.717, 1.165) is 36.3 Å². The molecule has 3 aromatic rings. The minimum atomic E-state index is -0.159. The normalized spacial score (nSPS) is 15.2. The lowest BCUT2D eigenvalue weighted by Gasteiger charge is -2.28. The van der Waals surface area contributed by atoms with Gasteiger partial charge in [-0.2, -0.15) is 5.10 Å². The molecule has 0 bridgehead atoms. The molecule has 1 aliphatic heterocycles. The lowest BCUT2D eigenvalue weighted by Crippen LogP contribution is -2.37. The number of aryl methyl sites for hydroxylation is 4. The summed E-state index contributed by atoms with van der Waals surface area (Å²) in [5.41, 5.74) is 4.53. The highest BCUT2D eigenvalue weighted by molar-refractivity contribution is 5.97. The van der Waals surface area contributed by atoms with Crippen LogP contribution in [0.1, 0.15) is 62.0 Å². The van der Waals surface area contributed by atoms with Gasteiger partial charge in [-0.25, -0.2) is 0 Å². The number of carbonyl (C=O) groups is 2. The van der Waals surface area contributed by atoms with Crippen LogP contribution in [-0.4, -0.2) is 51.3 Å². The van der Waals surface area contributed by atoms with Gasteiger partial charge in [-0.3, -0.25) is 14.3 Å². The van der Waals surface area contributed by atoms with Crippen molar-refractivity contribution in [1.29, 1.82) is 0 Å². The Balaban J connectivity index is 1.40. The third-order valence-electron chi connectivity index (χ3n) is 6.57. The van der Waals surface area contributed by atoms with E-state index < -0.39 is 0 Å². The van der Waals surface area contributed by atoms with Gasteiger partial charge in [0.1, 0.15) is 17.1 Å². The molecule has 0 spiro atoms. The van der Waals surface area contributed by atoms with Crippen molar-refractivity contribution >= 4 is 11.8 Å². The lowest BCUT2D eigenvalue weighted by atomic mass is 10.0. The molecule has 2 aromatic heterocycles. The van der Waals surface area contributed by atoms with Crippen molar-refractivity contribution in [2.24, 2.45) is 0 Å². The predicted molar refractivity (Wildman–Crippen MR) is 124 cm³/mol. The standard InChI is InChI=1S/C25H29N5O4/c1-15-22(16(2)34-28-15)25(32)29-12-11-21-20(14-29)23(24(31)26-18-6-7-18)27-30(21)13-10-17-4-8-19(33-3)9-5-17/h4-5,8-9,18H,6-7,10-14H2,1-3H3,(H,26,31). The van der Waals surface area contributed by atoms with Crippen LogP contribution in [0.5, 0.6) is 5.75 Å². The summed E-state index contributed by atoms with van der Waals surface area (Å²) in [5.74, 6) is 1.05. The monoisotopic (exact) mass is 463 g/mol. The SMILES string of the molecule is COc1ccc(CCn2nc(C(=O)NC3CC3)c3c2CCN(C(=O)c2c(C)noc2C)C3)cc1. The van der Waals surface area contributed by atoms with Gasteiger partial charge in [-0.1, -0.05) is 17.3 Å². The van der Waals surface area contributed by atoms with Crippen molar-refractivity contribution in [3.05, 3.63) is 63.8 Å². The average Bonchev–Trinajstić information content (AvgIpc) is 3.49. The molecule has 0 atom stereocenters. The molecule has 34 heavy (non-hydrogen) atoms. The number of fused-ring (bicyclic) bond motifs is 1. The zero-order valence-electron chi connectivity index (χ0n) is 19.8. The van der Waals surface area contributed by atoms with Gasteiger partial charge in [-0.05, 0) is 50.8 Å². The quantitative estimate of drug-likeness (QED) is 0.578. The molecule has 1 aromatic carbocycles. The smallest absolute Gasteiger partial charge is 0.272 e. The minimum absolute atomic E-state index is 0.124. The van der Waals surface area contributed by atoms with E-state index in [4.69, 9.17) is 14.4 Å². The largest absolute Gasteiger partial charge is 0.497 e. The fourth-order valence-electron chi connectivity index (χ4n) is 4.49. The third-order valence-corrected chi connectivity index (χ3v) is 6.57. The van der Waals surface area contributed by atoms with Crippen molar-refractivity contribution in [2.45, 2.75) is 58.7 Å². The molecule has 9 heteroatoms. The number of carbonyl (C=O) groups excluding carboxylic acids is 2. The molecule has 2 amide bonds. The van der Waals surface area contributed by atoms with E-state index in [1.165, 1.54) is 5.56 Å². The van der Waals surface area contributed by atoms with Gasteiger partial charge < -0.3 is 19.5 Å². The Hall–Kier alpha value is -3.62. The molecule has 2 aliphatic rings. The van der Waals surface area contributed by atoms with Crippen LogP contribution < -0.4 is 10.1 Å². The first-order valence-corrected chi connectivity index (χ1v) is 11.7. The number of nitrogens with one attached hydrogen (secondary N) is 1. The number of hydrogen-bond donors (Lipinski definition) is 1. The molecule has 0 unspecified atom stereocenters. The van der Waals surface area contributed by atoms with Gasteiger partial charge >= 0.3 is 0 Å². The number of methoxy groups -OCH3 is 1. The molecule has 9 nitrogen and oxygen atoms in total. The molecular weight excluding hydrogens is 434 g/mol. The predicted octanol–water partition coefficient (Wildman–Crippen LogP) is 2.83. The summed E-state index contributed by atoms with van der Waals surface area (Å²) in [7, 11) is 1.65. The molecular formula is C25H29N5O4. The summed E-state index contributed by atoms with van der Waals surface area (Å²) in [5, 5.41) is 11.7. The molecule has 5 rings (SSSR count). The highest BCUT2D eigenvalue weighted by Crippen LogP contribution is 2.27. The first kappa shape index (κ1) is 22.2. The second kappa shape index (κ2) is 8.96. The molecule has 0 radical (unpaired) electrons. The van der Waals surface area contributed by atoms with E-state index in [2.05, 4.69) is 10.5 Å². The van der Waals surface area contributed by atoms with Gasteiger partial charge in [0.2, 0.25) is 0 Å². The van der Waals surface area contributed by atoms with E-state index in [-0.39, 0.29) is 17.9 Å². The average molecular weight is 464 g/mol. The number of ether oxygens (including phenoxy) is 1. The van der Waals surface area contributed by atoms with Gasteiger partial charge in [-0.15, -0.1) is 0 Å². The Bertz CT molecular complexity index is 1200. The minimum Gasteiger partial charge on any atom is -0.497 e. The van der Waals surface area contributed by atoms with Crippen LogP contribution in [0.4, 0.5) is 0 Å². The molecule has 3 heterocycles. The second-order valence-corrected chi connectivity index (χ2v) is 9.02. The Morgan fingerprint density at radius 2 is 1.97 bits per heavy atom. The maximum atomic E-state index is 13.2. The number of amides is 2. The maximum Gasteiger partial charge on any atom is 0.272 e. The van der Waals surface area contributed by atoms with Gasteiger partial charge in [0.05, 0.1) is 19.3 Å². The topological polar surface area (TPSA) is 102 Å².